The highest BCUT2D eigenvalue weighted by molar-refractivity contribution is 6.09. The fourth-order valence-corrected chi connectivity index (χ4v) is 5.38. The number of carbonyl (C=O) groups excluding carboxylic acids is 2. The van der Waals surface area contributed by atoms with E-state index in [1.165, 1.54) is 19.3 Å². The third-order valence-electron chi connectivity index (χ3n) is 7.63. The lowest BCUT2D eigenvalue weighted by atomic mass is 9.82. The number of nitrogens with one attached hydrogen (secondary N) is 3. The summed E-state index contributed by atoms with van der Waals surface area (Å²) in [5, 5.41) is 6.06. The van der Waals surface area contributed by atoms with Crippen LogP contribution in [0.15, 0.2) is 24.5 Å². The van der Waals surface area contributed by atoms with E-state index >= 15 is 0 Å². The molecule has 0 bridgehead atoms. The molecule has 0 radical (unpaired) electrons. The lowest BCUT2D eigenvalue weighted by Crippen LogP contribution is -2.47. The largest absolute Gasteiger partial charge is 0.493 e. The van der Waals surface area contributed by atoms with Crippen LogP contribution in [0.25, 0.3) is 22.3 Å². The summed E-state index contributed by atoms with van der Waals surface area (Å²) in [6.45, 7) is 5.69. The van der Waals surface area contributed by atoms with E-state index in [0.29, 0.717) is 47.0 Å². The highest BCUT2D eigenvalue weighted by Gasteiger charge is 2.33. The Morgan fingerprint density at radius 2 is 1.90 bits per heavy atom. The van der Waals surface area contributed by atoms with Gasteiger partial charge in [-0.05, 0) is 69.1 Å². The molecule has 2 aromatic heterocycles. The molecule has 3 atom stereocenters. The van der Waals surface area contributed by atoms with E-state index in [-0.39, 0.29) is 41.1 Å². The van der Waals surface area contributed by atoms with Crippen LogP contribution in [0.2, 0.25) is 0 Å². The molecule has 0 unspecified atom stereocenters. The zero-order valence-electron chi connectivity index (χ0n) is 22.1. The van der Waals surface area contributed by atoms with Crippen molar-refractivity contribution >= 4 is 22.8 Å². The fraction of sp³-hybridized carbons (Fsp3) is 0.500. The Kier molecular flexibility index (Phi) is 7.26. The predicted octanol–water partition coefficient (Wildman–Crippen LogP) is 5.16. The highest BCUT2D eigenvalue weighted by atomic mass is 19.4. The number of benzene rings is 1. The molecule has 208 valence electrons. The number of fused-ring (bicyclic) bond motifs is 1. The third kappa shape index (κ3) is 5.86. The second-order valence-electron chi connectivity index (χ2n) is 10.8. The van der Waals surface area contributed by atoms with Crippen molar-refractivity contribution in [3.8, 4) is 17.0 Å². The Bertz CT molecular complexity index is 1400. The second kappa shape index (κ2) is 10.5. The van der Waals surface area contributed by atoms with E-state index in [2.05, 4.69) is 25.6 Å². The summed E-state index contributed by atoms with van der Waals surface area (Å²) >= 11 is 0. The van der Waals surface area contributed by atoms with Gasteiger partial charge in [0.05, 0.1) is 23.3 Å². The first-order chi connectivity index (χ1) is 18.5. The van der Waals surface area contributed by atoms with Crippen LogP contribution in [0, 0.1) is 18.8 Å². The average molecular weight is 544 g/mol. The molecule has 5 rings (SSSR count). The van der Waals surface area contributed by atoms with Crippen LogP contribution >= 0.6 is 0 Å². The average Bonchev–Trinajstić information content (AvgIpc) is 3.63. The van der Waals surface area contributed by atoms with Crippen LogP contribution in [0.3, 0.4) is 0 Å². The van der Waals surface area contributed by atoms with Crippen molar-refractivity contribution in [1.29, 1.82) is 0 Å². The van der Waals surface area contributed by atoms with Crippen molar-refractivity contribution in [2.24, 2.45) is 11.8 Å². The first-order valence-electron chi connectivity index (χ1n) is 13.3. The number of hydrogen-bond acceptors (Lipinski definition) is 5. The van der Waals surface area contributed by atoms with Crippen LogP contribution in [0.5, 0.6) is 5.75 Å². The number of aromatic amines is 1. The quantitative estimate of drug-likeness (QED) is 0.381. The van der Waals surface area contributed by atoms with Crippen LogP contribution < -0.4 is 15.4 Å². The Hall–Kier alpha value is -3.63. The van der Waals surface area contributed by atoms with Gasteiger partial charge in [0.25, 0.3) is 5.91 Å². The number of rotatable bonds is 7. The van der Waals surface area contributed by atoms with Gasteiger partial charge in [-0.3, -0.25) is 9.59 Å². The first-order valence-corrected chi connectivity index (χ1v) is 13.3. The summed E-state index contributed by atoms with van der Waals surface area (Å²) < 4.78 is 46.8. The van der Waals surface area contributed by atoms with Gasteiger partial charge in [0.1, 0.15) is 23.3 Å². The fourth-order valence-electron chi connectivity index (χ4n) is 5.38. The SMILES string of the molecule is CC(=O)N[C@H]1CC[C@@H](NC(=O)c2c(C)[nH]c3c(-c4cc(C(F)(F)F)ccc4OCC4CC4)ncnc23)[C@H](C)C1. The van der Waals surface area contributed by atoms with Crippen LogP contribution in [-0.2, 0) is 11.0 Å². The molecule has 39 heavy (non-hydrogen) atoms. The monoisotopic (exact) mass is 543 g/mol. The first kappa shape index (κ1) is 27.0. The summed E-state index contributed by atoms with van der Waals surface area (Å²) in [6, 6.07) is 3.37. The van der Waals surface area contributed by atoms with Crippen molar-refractivity contribution in [3.05, 3.63) is 41.3 Å². The maximum Gasteiger partial charge on any atom is 0.416 e. The standard InChI is InChI=1S/C28H32F3N5O3/c1-14-10-19(35-16(3)37)7-8-21(14)36-27(38)23-15(2)34-26-24(32-13-33-25(23)26)20-11-18(28(29,30)31)6-9-22(20)39-12-17-4-5-17/h6,9,11,13-14,17,19,21,34H,4-5,7-8,10,12H2,1-3H3,(H,35,37)(H,36,38)/t14-,19+,21-/m1/s1. The number of ether oxygens (including phenoxy) is 1. The molecule has 2 aliphatic rings. The van der Waals surface area contributed by atoms with Gasteiger partial charge in [-0.2, -0.15) is 13.2 Å². The molecule has 0 spiro atoms. The molecule has 0 saturated heterocycles. The molecule has 3 N–H and O–H groups in total. The van der Waals surface area contributed by atoms with E-state index in [0.717, 1.165) is 37.8 Å². The van der Waals surface area contributed by atoms with Gasteiger partial charge >= 0.3 is 6.18 Å². The van der Waals surface area contributed by atoms with Gasteiger partial charge in [-0.15, -0.1) is 0 Å². The van der Waals surface area contributed by atoms with Crippen LogP contribution in [0.1, 0.15) is 67.6 Å². The Labute approximate surface area is 224 Å². The number of alkyl halides is 3. The maximum atomic E-state index is 13.6. The summed E-state index contributed by atoms with van der Waals surface area (Å²) in [7, 11) is 0. The zero-order chi connectivity index (χ0) is 27.9. The summed E-state index contributed by atoms with van der Waals surface area (Å²) in [6.07, 6.45) is 1.02. The van der Waals surface area contributed by atoms with Crippen LogP contribution in [0.4, 0.5) is 13.2 Å². The molecule has 2 saturated carbocycles. The van der Waals surface area contributed by atoms with Gasteiger partial charge in [-0.1, -0.05) is 6.92 Å². The van der Waals surface area contributed by atoms with Gasteiger partial charge in [0.15, 0.2) is 0 Å². The van der Waals surface area contributed by atoms with Gasteiger partial charge in [0.2, 0.25) is 5.91 Å². The minimum Gasteiger partial charge on any atom is -0.493 e. The topological polar surface area (TPSA) is 109 Å². The highest BCUT2D eigenvalue weighted by Crippen LogP contribution is 2.40. The van der Waals surface area contributed by atoms with Gasteiger partial charge in [0, 0.05) is 30.3 Å². The molecule has 8 nitrogen and oxygen atoms in total. The van der Waals surface area contributed by atoms with Gasteiger partial charge in [-0.25, -0.2) is 9.97 Å². The molecule has 11 heteroatoms. The Morgan fingerprint density at radius 3 is 2.56 bits per heavy atom. The lowest BCUT2D eigenvalue weighted by molar-refractivity contribution is -0.137. The number of nitrogens with zero attached hydrogens (tertiary/aromatic N) is 2. The van der Waals surface area contributed by atoms with Crippen molar-refractivity contribution in [2.45, 2.75) is 71.1 Å². The van der Waals surface area contributed by atoms with Crippen molar-refractivity contribution in [3.63, 3.8) is 0 Å². The molecule has 2 aliphatic carbocycles. The smallest absolute Gasteiger partial charge is 0.416 e. The number of amides is 2. The Balaban J connectivity index is 1.46. The zero-order valence-corrected chi connectivity index (χ0v) is 22.1. The lowest BCUT2D eigenvalue weighted by Gasteiger charge is -2.34. The number of aryl methyl sites for hydroxylation is 1. The molecule has 2 fully saturated rings. The molecular weight excluding hydrogens is 511 g/mol. The van der Waals surface area contributed by atoms with E-state index in [1.807, 2.05) is 6.92 Å². The van der Waals surface area contributed by atoms with Crippen molar-refractivity contribution in [2.75, 3.05) is 6.61 Å². The molecule has 2 heterocycles. The van der Waals surface area contributed by atoms with E-state index in [4.69, 9.17) is 4.74 Å². The summed E-state index contributed by atoms with van der Waals surface area (Å²) in [5.74, 6) is 0.475. The van der Waals surface area contributed by atoms with Crippen molar-refractivity contribution < 1.29 is 27.5 Å². The van der Waals surface area contributed by atoms with E-state index in [9.17, 15) is 22.8 Å². The minimum atomic E-state index is -4.54. The minimum absolute atomic E-state index is 0.0681. The van der Waals surface area contributed by atoms with E-state index < -0.39 is 11.7 Å². The molecule has 2 amide bonds. The second-order valence-corrected chi connectivity index (χ2v) is 10.8. The number of carbonyl (C=O) groups is 2. The molecule has 0 aliphatic heterocycles. The number of halogens is 3. The third-order valence-corrected chi connectivity index (χ3v) is 7.63. The molecular formula is C28H32F3N5O3. The maximum absolute atomic E-state index is 13.6. The summed E-state index contributed by atoms with van der Waals surface area (Å²) in [5.41, 5.74) is 1.19. The van der Waals surface area contributed by atoms with Crippen molar-refractivity contribution in [1.82, 2.24) is 25.6 Å². The predicted molar refractivity (Wildman–Crippen MR) is 139 cm³/mol. The van der Waals surface area contributed by atoms with Crippen LogP contribution in [-0.4, -0.2) is 45.5 Å². The number of H-pyrrole nitrogens is 1. The summed E-state index contributed by atoms with van der Waals surface area (Å²) in [4.78, 5) is 36.7. The van der Waals surface area contributed by atoms with E-state index in [1.54, 1.807) is 6.92 Å². The number of hydrogen-bond donors (Lipinski definition) is 3. The Morgan fingerprint density at radius 1 is 1.13 bits per heavy atom. The normalized spacial score (nSPS) is 21.5. The van der Waals surface area contributed by atoms with Gasteiger partial charge < -0.3 is 20.4 Å². The molecule has 1 aromatic carbocycles. The number of aromatic nitrogens is 3. The molecule has 3 aromatic rings.